The van der Waals surface area contributed by atoms with E-state index in [2.05, 4.69) is 5.32 Å². The third kappa shape index (κ3) is 4.49. The largest absolute Gasteiger partial charge is 0.479 e. The van der Waals surface area contributed by atoms with Crippen LogP contribution in [-0.2, 0) is 4.79 Å². The molecule has 0 bridgehead atoms. The highest BCUT2D eigenvalue weighted by Crippen LogP contribution is 2.25. The predicted molar refractivity (Wildman–Crippen MR) is 62.3 cm³/mol. The minimum atomic E-state index is -1.65. The number of hydrogen-bond donors (Lipinski definition) is 3. The van der Waals surface area contributed by atoms with Crippen molar-refractivity contribution in [3.63, 3.8) is 0 Å². The molecule has 94 valence electrons. The van der Waals surface area contributed by atoms with Crippen LogP contribution in [0, 0.1) is 5.92 Å². The van der Waals surface area contributed by atoms with Crippen molar-refractivity contribution in [1.29, 1.82) is 0 Å². The molecule has 0 aliphatic heterocycles. The van der Waals surface area contributed by atoms with Crippen LogP contribution in [0.15, 0.2) is 0 Å². The molecule has 3 N–H and O–H groups in total. The zero-order valence-electron chi connectivity index (χ0n) is 10.0. The maximum absolute atomic E-state index is 10.6. The lowest BCUT2D eigenvalue weighted by Crippen LogP contribution is -2.45. The lowest BCUT2D eigenvalue weighted by Gasteiger charge is -2.23. The molecule has 0 aromatic carbocycles. The van der Waals surface area contributed by atoms with Crippen LogP contribution in [0.2, 0.25) is 0 Å². The number of hydrogen-bond acceptors (Lipinski definition) is 3. The second-order valence-corrected chi connectivity index (χ2v) is 5.05. The Morgan fingerprint density at radius 2 is 2.00 bits per heavy atom. The monoisotopic (exact) mass is 229 g/mol. The molecule has 1 aliphatic rings. The summed E-state index contributed by atoms with van der Waals surface area (Å²) >= 11 is 0. The van der Waals surface area contributed by atoms with Gasteiger partial charge >= 0.3 is 5.97 Å². The Morgan fingerprint density at radius 1 is 1.38 bits per heavy atom. The van der Waals surface area contributed by atoms with Crippen molar-refractivity contribution in [3.05, 3.63) is 0 Å². The van der Waals surface area contributed by atoms with Gasteiger partial charge in [-0.1, -0.05) is 32.1 Å². The fraction of sp³-hybridized carbons (Fsp3) is 0.917. The van der Waals surface area contributed by atoms with Gasteiger partial charge in [-0.05, 0) is 25.8 Å². The molecule has 1 fully saturated rings. The average Bonchev–Trinajstić information content (AvgIpc) is 2.26. The molecule has 0 heterocycles. The van der Waals surface area contributed by atoms with Gasteiger partial charge < -0.3 is 15.5 Å². The van der Waals surface area contributed by atoms with Crippen LogP contribution in [-0.4, -0.2) is 34.9 Å². The Balaban J connectivity index is 2.09. The van der Waals surface area contributed by atoms with Crippen LogP contribution in [0.4, 0.5) is 0 Å². The maximum atomic E-state index is 10.6. The fourth-order valence-electron chi connectivity index (χ4n) is 2.19. The van der Waals surface area contributed by atoms with Gasteiger partial charge in [0, 0.05) is 6.54 Å². The van der Waals surface area contributed by atoms with Crippen LogP contribution in [0.25, 0.3) is 0 Å². The Hall–Kier alpha value is -0.610. The van der Waals surface area contributed by atoms with Crippen molar-refractivity contribution < 1.29 is 15.0 Å². The molecule has 1 unspecified atom stereocenters. The Morgan fingerprint density at radius 3 is 2.56 bits per heavy atom. The van der Waals surface area contributed by atoms with Crippen molar-refractivity contribution in [2.75, 3.05) is 13.1 Å². The molecule has 1 saturated carbocycles. The Kier molecular flexibility index (Phi) is 5.22. The molecular weight excluding hydrogens is 206 g/mol. The van der Waals surface area contributed by atoms with E-state index < -0.39 is 11.6 Å². The van der Waals surface area contributed by atoms with Gasteiger partial charge in [-0.25, -0.2) is 4.79 Å². The van der Waals surface area contributed by atoms with Crippen molar-refractivity contribution in [3.8, 4) is 0 Å². The molecule has 16 heavy (non-hydrogen) atoms. The highest BCUT2D eigenvalue weighted by Gasteiger charge is 2.29. The van der Waals surface area contributed by atoms with Crippen LogP contribution < -0.4 is 5.32 Å². The van der Waals surface area contributed by atoms with Crippen LogP contribution >= 0.6 is 0 Å². The molecule has 0 aromatic heterocycles. The van der Waals surface area contributed by atoms with E-state index in [0.717, 1.165) is 18.9 Å². The maximum Gasteiger partial charge on any atom is 0.336 e. The van der Waals surface area contributed by atoms with E-state index in [0.29, 0.717) is 0 Å². The van der Waals surface area contributed by atoms with Crippen molar-refractivity contribution in [2.45, 2.75) is 51.0 Å². The molecule has 4 heteroatoms. The molecule has 0 amide bonds. The highest BCUT2D eigenvalue weighted by atomic mass is 16.4. The Bertz CT molecular complexity index is 222. The summed E-state index contributed by atoms with van der Waals surface area (Å²) in [7, 11) is 0. The van der Waals surface area contributed by atoms with Gasteiger partial charge in [0.2, 0.25) is 0 Å². The first kappa shape index (κ1) is 13.5. The van der Waals surface area contributed by atoms with Gasteiger partial charge in [-0.2, -0.15) is 0 Å². The molecule has 4 nitrogen and oxygen atoms in total. The minimum absolute atomic E-state index is 0.120. The van der Waals surface area contributed by atoms with Crippen molar-refractivity contribution >= 4 is 5.97 Å². The van der Waals surface area contributed by atoms with Crippen LogP contribution in [0.5, 0.6) is 0 Å². The molecule has 1 aliphatic carbocycles. The average molecular weight is 229 g/mol. The standard InChI is InChI=1S/C12H23NO3/c1-12(16,11(14)15)9-13-8-7-10-5-3-2-4-6-10/h10,13,16H,2-9H2,1H3,(H,14,15). The molecular formula is C12H23NO3. The van der Waals surface area contributed by atoms with Gasteiger partial charge in [-0.3, -0.25) is 0 Å². The summed E-state index contributed by atoms with van der Waals surface area (Å²) in [5.41, 5.74) is -1.65. The number of aliphatic carboxylic acids is 1. The molecule has 0 spiro atoms. The minimum Gasteiger partial charge on any atom is -0.479 e. The fourth-order valence-corrected chi connectivity index (χ4v) is 2.19. The normalized spacial score (nSPS) is 21.6. The number of rotatable bonds is 6. The molecule has 1 rings (SSSR count). The molecule has 1 atom stereocenters. The van der Waals surface area contributed by atoms with E-state index in [-0.39, 0.29) is 6.54 Å². The number of aliphatic hydroxyl groups is 1. The lowest BCUT2D eigenvalue weighted by atomic mass is 9.87. The zero-order valence-corrected chi connectivity index (χ0v) is 10.0. The van der Waals surface area contributed by atoms with E-state index in [4.69, 9.17) is 5.11 Å². The zero-order chi connectivity index (χ0) is 12.0. The summed E-state index contributed by atoms with van der Waals surface area (Å²) in [6, 6.07) is 0. The van der Waals surface area contributed by atoms with E-state index in [1.807, 2.05) is 0 Å². The summed E-state index contributed by atoms with van der Waals surface area (Å²) in [5, 5.41) is 21.2. The first-order valence-electron chi connectivity index (χ1n) is 6.19. The number of carboxylic acids is 1. The van der Waals surface area contributed by atoms with E-state index in [9.17, 15) is 9.90 Å². The second kappa shape index (κ2) is 6.21. The third-order valence-electron chi connectivity index (χ3n) is 3.38. The van der Waals surface area contributed by atoms with Gasteiger partial charge in [0.05, 0.1) is 0 Å². The van der Waals surface area contributed by atoms with Gasteiger partial charge in [0.25, 0.3) is 0 Å². The SMILES string of the molecule is CC(O)(CNCCC1CCCCC1)C(=O)O. The van der Waals surface area contributed by atoms with Gasteiger partial charge in [0.15, 0.2) is 5.60 Å². The second-order valence-electron chi connectivity index (χ2n) is 5.05. The topological polar surface area (TPSA) is 69.6 Å². The number of carbonyl (C=O) groups is 1. The number of carboxylic acid groups (broad SMARTS) is 1. The van der Waals surface area contributed by atoms with Crippen molar-refractivity contribution in [1.82, 2.24) is 5.32 Å². The van der Waals surface area contributed by atoms with Crippen LogP contribution in [0.1, 0.15) is 45.4 Å². The van der Waals surface area contributed by atoms with Crippen LogP contribution in [0.3, 0.4) is 0 Å². The van der Waals surface area contributed by atoms with E-state index in [1.54, 1.807) is 0 Å². The van der Waals surface area contributed by atoms with Gasteiger partial charge in [-0.15, -0.1) is 0 Å². The first-order chi connectivity index (χ1) is 7.52. The summed E-state index contributed by atoms with van der Waals surface area (Å²) < 4.78 is 0. The smallest absolute Gasteiger partial charge is 0.336 e. The molecule has 0 saturated heterocycles. The molecule has 0 aromatic rings. The third-order valence-corrected chi connectivity index (χ3v) is 3.38. The van der Waals surface area contributed by atoms with Gasteiger partial charge in [0.1, 0.15) is 0 Å². The van der Waals surface area contributed by atoms with E-state index >= 15 is 0 Å². The summed E-state index contributed by atoms with van der Waals surface area (Å²) in [6.07, 6.45) is 7.72. The summed E-state index contributed by atoms with van der Waals surface area (Å²) in [4.78, 5) is 10.6. The first-order valence-corrected chi connectivity index (χ1v) is 6.19. The predicted octanol–water partition coefficient (Wildman–Crippen LogP) is 1.38. The lowest BCUT2D eigenvalue weighted by molar-refractivity contribution is -0.156. The quantitative estimate of drug-likeness (QED) is 0.602. The summed E-state index contributed by atoms with van der Waals surface area (Å²) in [5.74, 6) is -0.381. The summed E-state index contributed by atoms with van der Waals surface area (Å²) in [6.45, 7) is 2.24. The number of nitrogens with one attached hydrogen (secondary N) is 1. The highest BCUT2D eigenvalue weighted by molar-refractivity contribution is 5.76. The van der Waals surface area contributed by atoms with E-state index in [1.165, 1.54) is 39.0 Å². The Labute approximate surface area is 97.0 Å². The molecule has 0 radical (unpaired) electrons. The van der Waals surface area contributed by atoms with Crippen molar-refractivity contribution in [2.24, 2.45) is 5.92 Å².